The number of rotatable bonds is 10. The second kappa shape index (κ2) is 10.8. The van der Waals surface area contributed by atoms with Crippen LogP contribution in [0, 0.1) is 0 Å². The van der Waals surface area contributed by atoms with Crippen molar-refractivity contribution in [1.29, 1.82) is 0 Å². The molecule has 0 saturated heterocycles. The maximum Gasteiger partial charge on any atom is 0.505 e. The first-order valence-electron chi connectivity index (χ1n) is 11.3. The van der Waals surface area contributed by atoms with Crippen molar-refractivity contribution in [1.82, 2.24) is 19.2 Å². The zero-order chi connectivity index (χ0) is 27.4. The average Bonchev–Trinajstić information content (AvgIpc) is 3.52. The van der Waals surface area contributed by atoms with Crippen molar-refractivity contribution in [3.05, 3.63) is 54.6 Å². The van der Waals surface area contributed by atoms with Crippen molar-refractivity contribution in [2.24, 2.45) is 0 Å². The molecular formula is C25H23F3N4O6. The Kier molecular flexibility index (Phi) is 7.55. The highest BCUT2D eigenvalue weighted by atomic mass is 19.4. The molecule has 0 bridgehead atoms. The Labute approximate surface area is 214 Å². The smallest absolute Gasteiger partial charge is 0.496 e. The van der Waals surface area contributed by atoms with Gasteiger partial charge in [-0.3, -0.25) is 13.9 Å². The molecule has 3 aromatic heterocycles. The van der Waals surface area contributed by atoms with Gasteiger partial charge in [-0.15, -0.1) is 0 Å². The first-order chi connectivity index (χ1) is 18.1. The fraction of sp³-hybridized carbons (Fsp3) is 0.280. The number of carboxylic acid groups (broad SMARTS) is 1. The number of aromatic nitrogens is 4. The summed E-state index contributed by atoms with van der Waals surface area (Å²) < 4.78 is 56.5. The molecule has 1 N–H and O–H groups in total. The van der Waals surface area contributed by atoms with E-state index in [2.05, 4.69) is 14.8 Å². The minimum atomic E-state index is -4.46. The van der Waals surface area contributed by atoms with Gasteiger partial charge in [0.1, 0.15) is 29.3 Å². The lowest BCUT2D eigenvalue weighted by molar-refractivity contribution is -0.133. The van der Waals surface area contributed by atoms with E-state index in [1.807, 2.05) is 12.1 Å². The normalized spacial score (nSPS) is 11.5. The van der Waals surface area contributed by atoms with Gasteiger partial charge in [0.05, 0.1) is 45.3 Å². The largest absolute Gasteiger partial charge is 0.505 e. The molecule has 0 unspecified atom stereocenters. The molecule has 4 aromatic rings. The number of hydrogen-bond donors (Lipinski definition) is 1. The number of halogens is 3. The summed E-state index contributed by atoms with van der Waals surface area (Å²) in [4.78, 5) is 27.6. The highest BCUT2D eigenvalue weighted by Gasteiger charge is 2.30. The Morgan fingerprint density at radius 1 is 1.03 bits per heavy atom. The summed E-state index contributed by atoms with van der Waals surface area (Å²) >= 11 is 0. The maximum absolute atomic E-state index is 12.7. The molecule has 0 fully saturated rings. The molecule has 200 valence electrons. The summed E-state index contributed by atoms with van der Waals surface area (Å²) in [6.45, 7) is 0.235. The monoisotopic (exact) mass is 532 g/mol. The van der Waals surface area contributed by atoms with Crippen molar-refractivity contribution in [3.8, 4) is 33.9 Å². The number of carbonyl (C=O) groups excluding carboxylic acids is 1. The van der Waals surface area contributed by atoms with Crippen LogP contribution in [0.1, 0.15) is 23.2 Å². The van der Waals surface area contributed by atoms with Crippen molar-refractivity contribution in [2.75, 3.05) is 20.8 Å². The van der Waals surface area contributed by atoms with Crippen LogP contribution >= 0.6 is 0 Å². The fourth-order valence-corrected chi connectivity index (χ4v) is 3.95. The number of carbonyl (C=O) groups is 2. The summed E-state index contributed by atoms with van der Waals surface area (Å²) in [5, 5.41) is 12.8. The second-order valence-corrected chi connectivity index (χ2v) is 8.19. The van der Waals surface area contributed by atoms with E-state index < -0.39 is 31.0 Å². The third-order valence-corrected chi connectivity index (χ3v) is 5.74. The number of methoxy groups -OCH3 is 2. The predicted molar refractivity (Wildman–Crippen MR) is 129 cm³/mol. The van der Waals surface area contributed by atoms with Crippen LogP contribution < -0.4 is 9.47 Å². The number of hydrogen-bond acceptors (Lipinski definition) is 7. The van der Waals surface area contributed by atoms with Gasteiger partial charge in [-0.1, -0.05) is 0 Å². The van der Waals surface area contributed by atoms with E-state index in [9.17, 15) is 22.8 Å². The number of nitrogens with zero attached hydrogens (tertiary/aromatic N) is 4. The lowest BCUT2D eigenvalue weighted by Crippen LogP contribution is -2.12. The Balaban J connectivity index is 1.63. The van der Waals surface area contributed by atoms with E-state index in [0.717, 1.165) is 11.1 Å². The van der Waals surface area contributed by atoms with Crippen LogP contribution in [0.4, 0.5) is 18.0 Å². The molecule has 0 aliphatic rings. The topological polar surface area (TPSA) is 117 Å². The van der Waals surface area contributed by atoms with Crippen molar-refractivity contribution < 1.29 is 42.1 Å². The molecule has 0 aliphatic heterocycles. The minimum Gasteiger partial charge on any atom is -0.496 e. The van der Waals surface area contributed by atoms with Gasteiger partial charge in [0, 0.05) is 29.9 Å². The van der Waals surface area contributed by atoms with E-state index in [1.165, 1.54) is 14.2 Å². The number of ether oxygens (including phenoxy) is 3. The van der Waals surface area contributed by atoms with Crippen LogP contribution in [0.25, 0.3) is 28.0 Å². The maximum atomic E-state index is 12.7. The van der Waals surface area contributed by atoms with Gasteiger partial charge in [0.2, 0.25) is 0 Å². The van der Waals surface area contributed by atoms with Gasteiger partial charge in [-0.25, -0.2) is 9.78 Å². The standard InChI is InChI=1S/C25H23F3N4O6/c1-36-20-9-16(10-21(37-2)23(20)19(33)3-5-25(26,27)28)18-13-29-22-11-15(4-6-32(18)22)17-12-30-31(14-17)7-8-38-24(34)35/h4,6,9-14H,3,5,7-8H2,1-2H3,(H,34,35). The van der Waals surface area contributed by atoms with Gasteiger partial charge in [-0.2, -0.15) is 18.3 Å². The van der Waals surface area contributed by atoms with Gasteiger partial charge >= 0.3 is 12.3 Å². The van der Waals surface area contributed by atoms with Crippen LogP contribution in [0.5, 0.6) is 11.5 Å². The van der Waals surface area contributed by atoms with Crippen LogP contribution in [0.3, 0.4) is 0 Å². The van der Waals surface area contributed by atoms with E-state index in [0.29, 0.717) is 16.9 Å². The Bertz CT molecular complexity index is 1450. The van der Waals surface area contributed by atoms with Gasteiger partial charge < -0.3 is 19.3 Å². The molecule has 0 atom stereocenters. The number of alkyl halides is 3. The molecule has 1 aromatic carbocycles. The van der Waals surface area contributed by atoms with E-state index in [-0.39, 0.29) is 30.2 Å². The third-order valence-electron chi connectivity index (χ3n) is 5.74. The number of pyridine rings is 1. The quantitative estimate of drug-likeness (QED) is 0.221. The number of ketones is 1. The molecule has 0 spiro atoms. The highest BCUT2D eigenvalue weighted by molar-refractivity contribution is 6.02. The minimum absolute atomic E-state index is 0.0290. The summed E-state index contributed by atoms with van der Waals surface area (Å²) in [5.41, 5.74) is 3.38. The van der Waals surface area contributed by atoms with Crippen molar-refractivity contribution in [2.45, 2.75) is 25.6 Å². The molecule has 0 aliphatic carbocycles. The van der Waals surface area contributed by atoms with Crippen LogP contribution in [0.15, 0.2) is 49.1 Å². The summed E-state index contributed by atoms with van der Waals surface area (Å²) in [6, 6.07) is 6.80. The summed E-state index contributed by atoms with van der Waals surface area (Å²) in [6.07, 6.45) is -0.979. The average molecular weight is 532 g/mol. The zero-order valence-electron chi connectivity index (χ0n) is 20.4. The van der Waals surface area contributed by atoms with Crippen LogP contribution in [0.2, 0.25) is 0 Å². The number of imidazole rings is 1. The van der Waals surface area contributed by atoms with Crippen molar-refractivity contribution in [3.63, 3.8) is 0 Å². The Hall–Kier alpha value is -4.55. The molecule has 38 heavy (non-hydrogen) atoms. The number of benzene rings is 1. The zero-order valence-corrected chi connectivity index (χ0v) is 20.4. The van der Waals surface area contributed by atoms with E-state index in [1.54, 1.807) is 46.0 Å². The molecule has 13 heteroatoms. The molecular weight excluding hydrogens is 509 g/mol. The lowest BCUT2D eigenvalue weighted by atomic mass is 10.0. The molecule has 10 nitrogen and oxygen atoms in total. The van der Waals surface area contributed by atoms with Crippen molar-refractivity contribution >= 4 is 17.6 Å². The lowest BCUT2D eigenvalue weighted by Gasteiger charge is -2.15. The van der Waals surface area contributed by atoms with Crippen LogP contribution in [-0.2, 0) is 11.3 Å². The number of Topliss-reactive ketones (excluding diaryl/α,β-unsaturated/α-hetero) is 1. The van der Waals surface area contributed by atoms with Gasteiger partial charge in [-0.05, 0) is 29.8 Å². The molecule has 3 heterocycles. The SMILES string of the molecule is COc1cc(-c2cnc3cc(-c4cnn(CCOC(=O)O)c4)ccn23)cc(OC)c1C(=O)CCC(F)(F)F. The predicted octanol–water partition coefficient (Wildman–Crippen LogP) is 5.10. The fourth-order valence-electron chi connectivity index (χ4n) is 3.95. The molecule has 0 saturated carbocycles. The third kappa shape index (κ3) is 5.88. The van der Waals surface area contributed by atoms with E-state index >= 15 is 0 Å². The number of fused-ring (bicyclic) bond motifs is 1. The molecule has 0 radical (unpaired) electrons. The van der Waals surface area contributed by atoms with Gasteiger partial charge in [0.15, 0.2) is 5.78 Å². The Morgan fingerprint density at radius 2 is 1.74 bits per heavy atom. The first kappa shape index (κ1) is 26.5. The summed E-state index contributed by atoms with van der Waals surface area (Å²) in [5.74, 6) is -0.546. The molecule has 0 amide bonds. The van der Waals surface area contributed by atoms with Gasteiger partial charge in [0.25, 0.3) is 0 Å². The first-order valence-corrected chi connectivity index (χ1v) is 11.3. The highest BCUT2D eigenvalue weighted by Crippen LogP contribution is 2.37. The Morgan fingerprint density at radius 3 is 2.37 bits per heavy atom. The van der Waals surface area contributed by atoms with Crippen LogP contribution in [-0.4, -0.2) is 63.2 Å². The van der Waals surface area contributed by atoms with E-state index in [4.69, 9.17) is 14.6 Å². The second-order valence-electron chi connectivity index (χ2n) is 8.19. The summed E-state index contributed by atoms with van der Waals surface area (Å²) in [7, 11) is 2.65. The molecule has 4 rings (SSSR count).